The van der Waals surface area contributed by atoms with Crippen molar-refractivity contribution in [1.29, 1.82) is 0 Å². The zero-order chi connectivity index (χ0) is 14.6. The van der Waals surface area contributed by atoms with E-state index in [2.05, 4.69) is 15.9 Å². The fourth-order valence-electron chi connectivity index (χ4n) is 3.62. The molecule has 1 N–H and O–H groups in total. The van der Waals surface area contributed by atoms with Crippen LogP contribution in [-0.4, -0.2) is 16.7 Å². The Morgan fingerprint density at radius 1 is 1.15 bits per heavy atom. The molecule has 4 unspecified atom stereocenters. The Labute approximate surface area is 125 Å². The molecule has 1 aromatic carbocycles. The number of benzene rings is 1. The predicted octanol–water partition coefficient (Wildman–Crippen LogP) is 3.28. The first-order chi connectivity index (χ1) is 9.45. The standard InChI is InChI=1S/C16H15BrO3/c1-7-5-3-4-6-9(7)10-8(2)11-13(17)16(20)15(19)12(10)14(11)18/h3-6,8,10-12,20H,1-2H3. The fraction of sp³-hybridized carbons (Fsp3) is 0.375. The Balaban J connectivity index is 2.16. The molecule has 3 nitrogen and oxygen atoms in total. The third-order valence-corrected chi connectivity index (χ3v) is 5.50. The summed E-state index contributed by atoms with van der Waals surface area (Å²) in [6.45, 7) is 3.97. The molecule has 0 spiro atoms. The van der Waals surface area contributed by atoms with Crippen LogP contribution in [0.15, 0.2) is 34.5 Å². The average molecular weight is 335 g/mol. The highest BCUT2D eigenvalue weighted by molar-refractivity contribution is 9.11. The summed E-state index contributed by atoms with van der Waals surface area (Å²) < 4.78 is 0.354. The lowest BCUT2D eigenvalue weighted by molar-refractivity contribution is -0.133. The van der Waals surface area contributed by atoms with E-state index in [1.165, 1.54) is 0 Å². The van der Waals surface area contributed by atoms with Gasteiger partial charge in [0.05, 0.1) is 16.3 Å². The molecule has 2 aliphatic carbocycles. The van der Waals surface area contributed by atoms with Crippen LogP contribution in [0.25, 0.3) is 0 Å². The van der Waals surface area contributed by atoms with Crippen molar-refractivity contribution in [1.82, 2.24) is 0 Å². The molecular formula is C16H15BrO3. The molecule has 104 valence electrons. The molecule has 0 aliphatic heterocycles. The van der Waals surface area contributed by atoms with E-state index in [-0.39, 0.29) is 23.4 Å². The van der Waals surface area contributed by atoms with Gasteiger partial charge in [0.15, 0.2) is 11.5 Å². The van der Waals surface area contributed by atoms with Crippen LogP contribution < -0.4 is 0 Å². The summed E-state index contributed by atoms with van der Waals surface area (Å²) in [5.74, 6) is -2.09. The van der Waals surface area contributed by atoms with Crippen molar-refractivity contribution in [2.45, 2.75) is 19.8 Å². The van der Waals surface area contributed by atoms with Gasteiger partial charge in [0.25, 0.3) is 0 Å². The third-order valence-electron chi connectivity index (χ3n) is 4.63. The van der Waals surface area contributed by atoms with Crippen LogP contribution in [0.3, 0.4) is 0 Å². The highest BCUT2D eigenvalue weighted by Crippen LogP contribution is 2.54. The van der Waals surface area contributed by atoms with Crippen LogP contribution in [0.2, 0.25) is 0 Å². The van der Waals surface area contributed by atoms with Gasteiger partial charge in [-0.15, -0.1) is 0 Å². The monoisotopic (exact) mass is 334 g/mol. The lowest BCUT2D eigenvalue weighted by atomic mass is 9.80. The van der Waals surface area contributed by atoms with Gasteiger partial charge in [-0.3, -0.25) is 9.59 Å². The van der Waals surface area contributed by atoms with Crippen molar-refractivity contribution in [2.24, 2.45) is 17.8 Å². The Hall–Kier alpha value is -1.42. The molecule has 0 saturated heterocycles. The lowest BCUT2D eigenvalue weighted by Gasteiger charge is -2.22. The molecule has 1 aromatic rings. The summed E-state index contributed by atoms with van der Waals surface area (Å²) in [6.07, 6.45) is 0. The van der Waals surface area contributed by atoms with E-state index in [0.717, 1.165) is 11.1 Å². The second-order valence-corrected chi connectivity index (χ2v) is 6.51. The number of rotatable bonds is 1. The molecule has 0 amide bonds. The number of aliphatic hydroxyl groups is 1. The molecule has 20 heavy (non-hydrogen) atoms. The summed E-state index contributed by atoms with van der Waals surface area (Å²) in [5.41, 5.74) is 2.11. The van der Waals surface area contributed by atoms with Gasteiger partial charge in [0.2, 0.25) is 5.78 Å². The number of fused-ring (bicyclic) bond motifs is 2. The van der Waals surface area contributed by atoms with E-state index in [0.29, 0.717) is 4.48 Å². The van der Waals surface area contributed by atoms with E-state index < -0.39 is 17.6 Å². The number of allylic oxidation sites excluding steroid dienone is 2. The van der Waals surface area contributed by atoms with Crippen molar-refractivity contribution < 1.29 is 14.7 Å². The molecule has 1 saturated carbocycles. The Morgan fingerprint density at radius 2 is 1.80 bits per heavy atom. The Kier molecular flexibility index (Phi) is 3.09. The van der Waals surface area contributed by atoms with E-state index in [9.17, 15) is 14.7 Å². The smallest absolute Gasteiger partial charge is 0.209 e. The Morgan fingerprint density at radius 3 is 2.45 bits per heavy atom. The first-order valence-corrected chi connectivity index (χ1v) is 7.46. The maximum Gasteiger partial charge on any atom is 0.209 e. The minimum atomic E-state index is -0.739. The predicted molar refractivity (Wildman–Crippen MR) is 78.7 cm³/mol. The summed E-state index contributed by atoms with van der Waals surface area (Å²) in [6, 6.07) is 7.83. The highest BCUT2D eigenvalue weighted by atomic mass is 79.9. The first-order valence-electron chi connectivity index (χ1n) is 6.67. The highest BCUT2D eigenvalue weighted by Gasteiger charge is 2.57. The molecule has 2 aliphatic rings. The number of aryl methyl sites for hydroxylation is 1. The van der Waals surface area contributed by atoms with Gasteiger partial charge < -0.3 is 5.11 Å². The van der Waals surface area contributed by atoms with Gasteiger partial charge in [-0.1, -0.05) is 47.1 Å². The van der Waals surface area contributed by atoms with Gasteiger partial charge in [0.1, 0.15) is 0 Å². The normalized spacial score (nSPS) is 33.0. The summed E-state index contributed by atoms with van der Waals surface area (Å²) in [4.78, 5) is 24.7. The van der Waals surface area contributed by atoms with Gasteiger partial charge in [-0.2, -0.15) is 0 Å². The number of hydrogen-bond donors (Lipinski definition) is 1. The van der Waals surface area contributed by atoms with Crippen molar-refractivity contribution in [2.75, 3.05) is 0 Å². The van der Waals surface area contributed by atoms with E-state index >= 15 is 0 Å². The fourth-order valence-corrected chi connectivity index (χ4v) is 4.46. The second kappa shape index (κ2) is 4.55. The van der Waals surface area contributed by atoms with Crippen molar-refractivity contribution >= 4 is 27.5 Å². The second-order valence-electron chi connectivity index (χ2n) is 5.66. The van der Waals surface area contributed by atoms with Crippen LogP contribution in [0.5, 0.6) is 0 Å². The maximum absolute atomic E-state index is 12.5. The minimum absolute atomic E-state index is 0.00317. The topological polar surface area (TPSA) is 54.4 Å². The molecule has 0 heterocycles. The van der Waals surface area contributed by atoms with Gasteiger partial charge in [-0.25, -0.2) is 0 Å². The van der Waals surface area contributed by atoms with Crippen LogP contribution in [0, 0.1) is 24.7 Å². The SMILES string of the molecule is Cc1ccccc1C1C2C(=O)C(O)=C(Br)C(C2=O)C1C. The van der Waals surface area contributed by atoms with Crippen LogP contribution in [0.4, 0.5) is 0 Å². The molecule has 3 rings (SSSR count). The number of hydrogen-bond acceptors (Lipinski definition) is 3. The van der Waals surface area contributed by atoms with E-state index in [4.69, 9.17) is 0 Å². The van der Waals surface area contributed by atoms with Crippen molar-refractivity contribution in [3.63, 3.8) is 0 Å². The number of carbonyl (C=O) groups is 2. The van der Waals surface area contributed by atoms with E-state index in [1.54, 1.807) is 0 Å². The number of carbonyl (C=O) groups excluding carboxylic acids is 2. The molecule has 0 radical (unpaired) electrons. The third kappa shape index (κ3) is 1.64. The summed E-state index contributed by atoms with van der Waals surface area (Å²) in [5, 5.41) is 9.93. The van der Waals surface area contributed by atoms with Crippen LogP contribution in [-0.2, 0) is 9.59 Å². The summed E-state index contributed by atoms with van der Waals surface area (Å²) in [7, 11) is 0. The number of Topliss-reactive ketones (excluding diaryl/α,β-unsaturated/α-hetero) is 2. The van der Waals surface area contributed by atoms with Gasteiger partial charge in [-0.05, 0) is 24.0 Å². The lowest BCUT2D eigenvalue weighted by Crippen LogP contribution is -2.32. The molecular weight excluding hydrogens is 320 g/mol. The van der Waals surface area contributed by atoms with Crippen LogP contribution in [0.1, 0.15) is 24.0 Å². The quantitative estimate of drug-likeness (QED) is 0.802. The van der Waals surface area contributed by atoms with Crippen molar-refractivity contribution in [3.8, 4) is 0 Å². The number of ketones is 2. The van der Waals surface area contributed by atoms with Crippen molar-refractivity contribution in [3.05, 3.63) is 45.6 Å². The zero-order valence-corrected chi connectivity index (χ0v) is 12.8. The van der Waals surface area contributed by atoms with Gasteiger partial charge >= 0.3 is 0 Å². The molecule has 1 fully saturated rings. The molecule has 4 heteroatoms. The van der Waals surface area contributed by atoms with E-state index in [1.807, 2.05) is 38.1 Å². The minimum Gasteiger partial charge on any atom is -0.504 e. The molecule has 4 atom stereocenters. The summed E-state index contributed by atoms with van der Waals surface area (Å²) >= 11 is 3.23. The Bertz CT molecular complexity index is 647. The van der Waals surface area contributed by atoms with Crippen LogP contribution >= 0.6 is 15.9 Å². The number of halogens is 1. The molecule has 2 bridgehead atoms. The van der Waals surface area contributed by atoms with Gasteiger partial charge in [0, 0.05) is 5.92 Å². The number of aliphatic hydroxyl groups excluding tert-OH is 1. The molecule has 0 aromatic heterocycles. The average Bonchev–Trinajstić information content (AvgIpc) is 2.64. The first kappa shape index (κ1) is 13.6. The zero-order valence-electron chi connectivity index (χ0n) is 11.3. The largest absolute Gasteiger partial charge is 0.504 e. The maximum atomic E-state index is 12.5.